The Morgan fingerprint density at radius 2 is 2.05 bits per heavy atom. The Morgan fingerprint density at radius 3 is 2.68 bits per heavy atom. The van der Waals surface area contributed by atoms with E-state index in [1.54, 1.807) is 0 Å². The summed E-state index contributed by atoms with van der Waals surface area (Å²) in [7, 11) is 0. The molecule has 0 aromatic rings. The largest absolute Gasteiger partial charge is 0.339 e. The van der Waals surface area contributed by atoms with Crippen LogP contribution in [0.1, 0.15) is 65.2 Å². The zero-order chi connectivity index (χ0) is 13.8. The second kappa shape index (κ2) is 6.74. The van der Waals surface area contributed by atoms with E-state index in [0.29, 0.717) is 30.2 Å². The van der Waals surface area contributed by atoms with Crippen molar-refractivity contribution in [3.8, 4) is 0 Å². The number of amides is 1. The summed E-state index contributed by atoms with van der Waals surface area (Å²) in [6.07, 6.45) is 8.95. The van der Waals surface area contributed by atoms with Gasteiger partial charge >= 0.3 is 0 Å². The third-order valence-corrected chi connectivity index (χ3v) is 5.33. The van der Waals surface area contributed by atoms with E-state index >= 15 is 0 Å². The van der Waals surface area contributed by atoms with Gasteiger partial charge in [-0.05, 0) is 43.9 Å². The lowest BCUT2D eigenvalue weighted by atomic mass is 9.88. The molecule has 1 heterocycles. The predicted molar refractivity (Wildman–Crippen MR) is 78.7 cm³/mol. The molecule has 1 aliphatic heterocycles. The van der Waals surface area contributed by atoms with Crippen LogP contribution in [0.15, 0.2) is 0 Å². The van der Waals surface area contributed by atoms with Crippen molar-refractivity contribution < 1.29 is 4.79 Å². The van der Waals surface area contributed by atoms with Gasteiger partial charge in [0.05, 0.1) is 0 Å². The van der Waals surface area contributed by atoms with Gasteiger partial charge in [0.15, 0.2) is 0 Å². The minimum Gasteiger partial charge on any atom is -0.339 e. The molecule has 4 atom stereocenters. The van der Waals surface area contributed by atoms with Crippen molar-refractivity contribution in [1.29, 1.82) is 0 Å². The molecule has 19 heavy (non-hydrogen) atoms. The van der Waals surface area contributed by atoms with Crippen LogP contribution in [0.5, 0.6) is 0 Å². The smallest absolute Gasteiger partial charge is 0.223 e. The van der Waals surface area contributed by atoms with Crippen LogP contribution in [0, 0.1) is 11.8 Å². The number of hydrogen-bond acceptors (Lipinski definition) is 2. The molecular formula is C16H30N2O. The van der Waals surface area contributed by atoms with Crippen molar-refractivity contribution >= 4 is 5.91 Å². The molecule has 1 saturated heterocycles. The number of nitrogens with two attached hydrogens (primary N) is 1. The fraction of sp³-hybridized carbons (Fsp3) is 0.938. The first-order chi connectivity index (χ1) is 9.13. The van der Waals surface area contributed by atoms with Gasteiger partial charge in [-0.25, -0.2) is 0 Å². The standard InChI is InChI=1S/C16H30N2O/c1-3-12(2)15-9-4-5-10-18(15)16(19)11-13-7-6-8-14(13)17/h12-15H,3-11,17H2,1-2H3/t12?,13-,14+,15?/m0/s1. The zero-order valence-electron chi connectivity index (χ0n) is 12.6. The quantitative estimate of drug-likeness (QED) is 0.850. The van der Waals surface area contributed by atoms with E-state index in [4.69, 9.17) is 5.73 Å². The number of carbonyl (C=O) groups excluding carboxylic acids is 1. The van der Waals surface area contributed by atoms with Gasteiger partial charge in [-0.1, -0.05) is 26.7 Å². The minimum absolute atomic E-state index is 0.260. The highest BCUT2D eigenvalue weighted by atomic mass is 16.2. The van der Waals surface area contributed by atoms with Crippen molar-refractivity contribution in [1.82, 2.24) is 4.90 Å². The monoisotopic (exact) mass is 266 g/mol. The fourth-order valence-corrected chi connectivity index (χ4v) is 3.79. The van der Waals surface area contributed by atoms with E-state index in [0.717, 1.165) is 25.8 Å². The van der Waals surface area contributed by atoms with Gasteiger partial charge in [0.1, 0.15) is 0 Å². The van der Waals surface area contributed by atoms with Crippen molar-refractivity contribution in [3.05, 3.63) is 0 Å². The molecule has 110 valence electrons. The molecule has 0 bridgehead atoms. The van der Waals surface area contributed by atoms with Gasteiger partial charge in [0.25, 0.3) is 0 Å². The number of likely N-dealkylation sites (tertiary alicyclic amines) is 1. The average molecular weight is 266 g/mol. The van der Waals surface area contributed by atoms with Crippen molar-refractivity contribution in [2.75, 3.05) is 6.54 Å². The first kappa shape index (κ1) is 14.8. The Balaban J connectivity index is 1.95. The van der Waals surface area contributed by atoms with Gasteiger partial charge in [-0.15, -0.1) is 0 Å². The summed E-state index contributed by atoms with van der Waals surface area (Å²) in [4.78, 5) is 14.8. The van der Waals surface area contributed by atoms with Crippen molar-refractivity contribution in [3.63, 3.8) is 0 Å². The predicted octanol–water partition coefficient (Wildman–Crippen LogP) is 2.93. The van der Waals surface area contributed by atoms with E-state index in [-0.39, 0.29) is 6.04 Å². The number of carbonyl (C=O) groups is 1. The molecule has 1 saturated carbocycles. The van der Waals surface area contributed by atoms with Gasteiger partial charge in [0.2, 0.25) is 5.91 Å². The minimum atomic E-state index is 0.260. The highest BCUT2D eigenvalue weighted by Crippen LogP contribution is 2.30. The van der Waals surface area contributed by atoms with Crippen LogP contribution in [0.4, 0.5) is 0 Å². The molecule has 2 unspecified atom stereocenters. The summed E-state index contributed by atoms with van der Waals surface area (Å²) in [5.74, 6) is 1.43. The van der Waals surface area contributed by atoms with Gasteiger partial charge in [-0.3, -0.25) is 4.79 Å². The normalized spacial score (nSPS) is 33.4. The lowest BCUT2D eigenvalue weighted by Crippen LogP contribution is -2.47. The summed E-state index contributed by atoms with van der Waals surface area (Å²) in [6.45, 7) is 5.49. The van der Waals surface area contributed by atoms with Gasteiger partial charge in [0, 0.05) is 25.0 Å². The third-order valence-electron chi connectivity index (χ3n) is 5.33. The Kier molecular flexibility index (Phi) is 5.26. The molecule has 3 nitrogen and oxygen atoms in total. The topological polar surface area (TPSA) is 46.3 Å². The van der Waals surface area contributed by atoms with E-state index in [1.165, 1.54) is 25.7 Å². The average Bonchev–Trinajstić information content (AvgIpc) is 2.83. The summed E-state index contributed by atoms with van der Waals surface area (Å²) < 4.78 is 0. The maximum absolute atomic E-state index is 12.6. The Morgan fingerprint density at radius 1 is 1.26 bits per heavy atom. The first-order valence-corrected chi connectivity index (χ1v) is 8.18. The van der Waals surface area contributed by atoms with E-state index in [2.05, 4.69) is 18.7 Å². The number of nitrogens with zero attached hydrogens (tertiary/aromatic N) is 1. The zero-order valence-corrected chi connectivity index (χ0v) is 12.6. The molecule has 0 aromatic heterocycles. The van der Waals surface area contributed by atoms with Crippen molar-refractivity contribution in [2.45, 2.75) is 77.3 Å². The fourth-order valence-electron chi connectivity index (χ4n) is 3.79. The van der Waals surface area contributed by atoms with E-state index in [1.807, 2.05) is 0 Å². The molecule has 1 aliphatic carbocycles. The molecule has 0 radical (unpaired) electrons. The molecule has 2 N–H and O–H groups in total. The van der Waals surface area contributed by atoms with Crippen LogP contribution in [-0.2, 0) is 4.79 Å². The second-order valence-corrected chi connectivity index (χ2v) is 6.59. The van der Waals surface area contributed by atoms with Crippen LogP contribution >= 0.6 is 0 Å². The van der Waals surface area contributed by atoms with Gasteiger partial charge in [-0.2, -0.15) is 0 Å². The lowest BCUT2D eigenvalue weighted by molar-refractivity contribution is -0.137. The van der Waals surface area contributed by atoms with E-state index in [9.17, 15) is 4.79 Å². The molecule has 0 spiro atoms. The van der Waals surface area contributed by atoms with Crippen LogP contribution in [0.2, 0.25) is 0 Å². The molecule has 1 amide bonds. The highest BCUT2D eigenvalue weighted by Gasteiger charge is 2.33. The Hall–Kier alpha value is -0.570. The van der Waals surface area contributed by atoms with E-state index < -0.39 is 0 Å². The summed E-state index contributed by atoms with van der Waals surface area (Å²) in [6, 6.07) is 0.736. The Labute approximate surface area is 117 Å². The van der Waals surface area contributed by atoms with Crippen LogP contribution in [0.25, 0.3) is 0 Å². The maximum Gasteiger partial charge on any atom is 0.223 e. The summed E-state index contributed by atoms with van der Waals surface area (Å²) in [5.41, 5.74) is 6.11. The van der Waals surface area contributed by atoms with Crippen LogP contribution < -0.4 is 5.73 Å². The highest BCUT2D eigenvalue weighted by molar-refractivity contribution is 5.77. The number of hydrogen-bond donors (Lipinski definition) is 1. The van der Waals surface area contributed by atoms with Crippen LogP contribution in [-0.4, -0.2) is 29.4 Å². The van der Waals surface area contributed by atoms with Gasteiger partial charge < -0.3 is 10.6 Å². The van der Waals surface area contributed by atoms with Crippen molar-refractivity contribution in [2.24, 2.45) is 17.6 Å². The lowest BCUT2D eigenvalue weighted by Gasteiger charge is -2.40. The number of piperidine rings is 1. The summed E-state index contributed by atoms with van der Waals surface area (Å²) >= 11 is 0. The molecule has 2 aliphatic rings. The molecule has 0 aromatic carbocycles. The molecule has 3 heteroatoms. The van der Waals surface area contributed by atoms with Crippen LogP contribution in [0.3, 0.4) is 0 Å². The maximum atomic E-state index is 12.6. The summed E-state index contributed by atoms with van der Waals surface area (Å²) in [5, 5.41) is 0. The molecule has 2 rings (SSSR count). The molecular weight excluding hydrogens is 236 g/mol. The molecule has 2 fully saturated rings. The second-order valence-electron chi connectivity index (χ2n) is 6.59. The first-order valence-electron chi connectivity index (χ1n) is 8.18. The SMILES string of the molecule is CCC(C)C1CCCCN1C(=O)C[C@@H]1CCC[C@H]1N. The Bertz CT molecular complexity index is 305. The third kappa shape index (κ3) is 3.50. The number of rotatable bonds is 4.